The molecule has 1 unspecified atom stereocenters. The average Bonchev–Trinajstić information content (AvgIpc) is 2.03. The zero-order chi connectivity index (χ0) is 10.1. The van der Waals surface area contributed by atoms with E-state index in [9.17, 15) is 12.6 Å². The molecule has 0 saturated heterocycles. The first kappa shape index (κ1) is 10.6. The number of rotatable bonds is 2. The molecule has 0 spiro atoms. The first-order chi connectivity index (χ1) is 5.91. The van der Waals surface area contributed by atoms with Crippen LogP contribution in [0, 0.1) is 0 Å². The minimum Gasteiger partial charge on any atom is -0.302 e. The van der Waals surface area contributed by atoms with Gasteiger partial charge in [0.15, 0.2) is 11.1 Å². The summed E-state index contributed by atoms with van der Waals surface area (Å²) in [7, 11) is 1.19. The predicted octanol–water partition coefficient (Wildman–Crippen LogP) is 1.19. The van der Waals surface area contributed by atoms with Crippen molar-refractivity contribution in [2.75, 3.05) is 0 Å². The summed E-state index contributed by atoms with van der Waals surface area (Å²) >= 11 is -2.20. The van der Waals surface area contributed by atoms with E-state index in [4.69, 9.17) is 15.2 Å². The van der Waals surface area contributed by atoms with Crippen LogP contribution in [0.2, 0.25) is 0 Å². The number of benzene rings is 1. The minimum absolute atomic E-state index is 0.00160. The highest BCUT2D eigenvalue weighted by Gasteiger charge is 2.11. The summed E-state index contributed by atoms with van der Waals surface area (Å²) in [5.74, 6) is 0. The summed E-state index contributed by atoms with van der Waals surface area (Å²) in [5, 5.41) is 0. The lowest BCUT2D eigenvalue weighted by Crippen LogP contribution is -1.94. The highest BCUT2D eigenvalue weighted by molar-refractivity contribution is 8.13. The summed E-state index contributed by atoms with van der Waals surface area (Å²) in [5.41, 5.74) is 0. The van der Waals surface area contributed by atoms with Gasteiger partial charge in [-0.3, -0.25) is 0 Å². The van der Waals surface area contributed by atoms with Gasteiger partial charge in [0, 0.05) is 10.7 Å². The molecular weight excluding hydrogens is 236 g/mol. The molecular formula is C6H5ClO4S2. The summed E-state index contributed by atoms with van der Waals surface area (Å²) in [6.45, 7) is 0. The monoisotopic (exact) mass is 240 g/mol. The highest BCUT2D eigenvalue weighted by Crippen LogP contribution is 2.17. The van der Waals surface area contributed by atoms with Gasteiger partial charge in [-0.15, -0.1) is 0 Å². The molecule has 1 N–H and O–H groups in total. The van der Waals surface area contributed by atoms with Crippen molar-refractivity contribution in [1.82, 2.24) is 0 Å². The molecule has 7 heteroatoms. The molecule has 0 aromatic heterocycles. The molecule has 4 nitrogen and oxygen atoms in total. The SMILES string of the molecule is O=S(O)c1cccc(S(=O)(=O)Cl)c1. The Balaban J connectivity index is 3.29. The van der Waals surface area contributed by atoms with Gasteiger partial charge in [-0.1, -0.05) is 6.07 Å². The predicted molar refractivity (Wildman–Crippen MR) is 48.5 cm³/mol. The standard InChI is InChI=1S/C6H5ClO4S2/c7-13(10,11)6-3-1-2-5(4-6)12(8)9/h1-4H,(H,8,9). The first-order valence-electron chi connectivity index (χ1n) is 3.07. The van der Waals surface area contributed by atoms with Crippen LogP contribution in [-0.4, -0.2) is 17.2 Å². The molecule has 1 aromatic carbocycles. The fourth-order valence-electron chi connectivity index (χ4n) is 0.734. The van der Waals surface area contributed by atoms with Crippen LogP contribution in [0.5, 0.6) is 0 Å². The quantitative estimate of drug-likeness (QED) is 0.623. The van der Waals surface area contributed by atoms with E-state index >= 15 is 0 Å². The van der Waals surface area contributed by atoms with Gasteiger partial charge in [0.1, 0.15) is 0 Å². The summed E-state index contributed by atoms with van der Waals surface area (Å²) in [4.78, 5) is -0.184. The van der Waals surface area contributed by atoms with E-state index in [2.05, 4.69) is 0 Å². The van der Waals surface area contributed by atoms with Crippen LogP contribution < -0.4 is 0 Å². The molecule has 0 aliphatic carbocycles. The fraction of sp³-hybridized carbons (Fsp3) is 0. The highest BCUT2D eigenvalue weighted by atomic mass is 35.7. The van der Waals surface area contributed by atoms with E-state index in [1.165, 1.54) is 18.2 Å². The normalized spacial score (nSPS) is 14.0. The van der Waals surface area contributed by atoms with Crippen molar-refractivity contribution in [2.24, 2.45) is 0 Å². The van der Waals surface area contributed by atoms with E-state index in [0.717, 1.165) is 6.07 Å². The van der Waals surface area contributed by atoms with Crippen molar-refractivity contribution in [3.05, 3.63) is 24.3 Å². The van der Waals surface area contributed by atoms with Gasteiger partial charge in [0.05, 0.1) is 9.79 Å². The van der Waals surface area contributed by atoms with Crippen molar-refractivity contribution in [3.63, 3.8) is 0 Å². The Hall–Kier alpha value is -0.430. The van der Waals surface area contributed by atoms with Crippen molar-refractivity contribution in [2.45, 2.75) is 9.79 Å². The largest absolute Gasteiger partial charge is 0.302 e. The molecule has 0 amide bonds. The maximum absolute atomic E-state index is 10.8. The number of halogens is 1. The molecule has 0 aliphatic rings. The molecule has 0 fully saturated rings. The zero-order valence-electron chi connectivity index (χ0n) is 6.18. The van der Waals surface area contributed by atoms with Gasteiger partial charge in [0.25, 0.3) is 9.05 Å². The molecule has 72 valence electrons. The molecule has 0 aliphatic heterocycles. The van der Waals surface area contributed by atoms with Crippen molar-refractivity contribution < 1.29 is 17.2 Å². The van der Waals surface area contributed by atoms with Gasteiger partial charge < -0.3 is 4.55 Å². The van der Waals surface area contributed by atoms with Crippen LogP contribution in [0.1, 0.15) is 0 Å². The second kappa shape index (κ2) is 3.75. The maximum Gasteiger partial charge on any atom is 0.261 e. The molecule has 1 atom stereocenters. The molecule has 0 heterocycles. The molecule has 1 rings (SSSR count). The van der Waals surface area contributed by atoms with Crippen LogP contribution in [0.25, 0.3) is 0 Å². The maximum atomic E-state index is 10.8. The Kier molecular flexibility index (Phi) is 3.07. The Morgan fingerprint density at radius 2 is 2.00 bits per heavy atom. The Labute approximate surface area is 82.2 Å². The van der Waals surface area contributed by atoms with Crippen LogP contribution in [0.15, 0.2) is 34.1 Å². The third-order valence-corrected chi connectivity index (χ3v) is 3.30. The minimum atomic E-state index is -3.83. The first-order valence-corrected chi connectivity index (χ1v) is 6.48. The van der Waals surface area contributed by atoms with Crippen LogP contribution in [-0.2, 0) is 20.1 Å². The van der Waals surface area contributed by atoms with Gasteiger partial charge in [-0.25, -0.2) is 12.6 Å². The smallest absolute Gasteiger partial charge is 0.261 e. The average molecular weight is 241 g/mol. The Morgan fingerprint density at radius 1 is 1.38 bits per heavy atom. The molecule has 13 heavy (non-hydrogen) atoms. The second-order valence-corrected chi connectivity index (χ2v) is 5.70. The molecule has 1 aromatic rings. The Bertz CT molecular complexity index is 440. The Morgan fingerprint density at radius 3 is 2.46 bits per heavy atom. The topological polar surface area (TPSA) is 71.4 Å². The third-order valence-electron chi connectivity index (χ3n) is 1.29. The van der Waals surface area contributed by atoms with Gasteiger partial charge >= 0.3 is 0 Å². The van der Waals surface area contributed by atoms with Gasteiger partial charge in [-0.2, -0.15) is 0 Å². The van der Waals surface area contributed by atoms with E-state index in [1.807, 2.05) is 0 Å². The van der Waals surface area contributed by atoms with E-state index < -0.39 is 20.1 Å². The lowest BCUT2D eigenvalue weighted by Gasteiger charge is -1.97. The van der Waals surface area contributed by atoms with E-state index in [1.54, 1.807) is 0 Å². The van der Waals surface area contributed by atoms with Crippen LogP contribution >= 0.6 is 10.7 Å². The molecule has 0 radical (unpaired) electrons. The number of hydrogen-bond acceptors (Lipinski definition) is 3. The van der Waals surface area contributed by atoms with Gasteiger partial charge in [0.2, 0.25) is 0 Å². The zero-order valence-corrected chi connectivity index (χ0v) is 8.56. The third kappa shape index (κ3) is 2.77. The van der Waals surface area contributed by atoms with E-state index in [-0.39, 0.29) is 9.79 Å². The lowest BCUT2D eigenvalue weighted by molar-refractivity contribution is 0.564. The van der Waals surface area contributed by atoms with Gasteiger partial charge in [-0.05, 0) is 18.2 Å². The summed E-state index contributed by atoms with van der Waals surface area (Å²) < 4.78 is 40.8. The summed E-state index contributed by atoms with van der Waals surface area (Å²) in [6.07, 6.45) is 0. The second-order valence-electron chi connectivity index (χ2n) is 2.16. The van der Waals surface area contributed by atoms with Crippen LogP contribution in [0.4, 0.5) is 0 Å². The van der Waals surface area contributed by atoms with E-state index in [0.29, 0.717) is 0 Å². The van der Waals surface area contributed by atoms with Crippen molar-refractivity contribution in [3.8, 4) is 0 Å². The van der Waals surface area contributed by atoms with Crippen LogP contribution in [0.3, 0.4) is 0 Å². The van der Waals surface area contributed by atoms with Crippen molar-refractivity contribution >= 4 is 30.8 Å². The molecule has 0 bridgehead atoms. The fourth-order valence-corrected chi connectivity index (χ4v) is 2.03. The number of hydrogen-bond donors (Lipinski definition) is 1. The van der Waals surface area contributed by atoms with Crippen molar-refractivity contribution in [1.29, 1.82) is 0 Å². The lowest BCUT2D eigenvalue weighted by atomic mass is 10.4. The summed E-state index contributed by atoms with van der Waals surface area (Å²) in [6, 6.07) is 4.98. The molecule has 0 saturated carbocycles.